The van der Waals surface area contributed by atoms with Crippen LogP contribution < -0.4 is 11.4 Å². The third-order valence-corrected chi connectivity index (χ3v) is 3.99. The van der Waals surface area contributed by atoms with Crippen molar-refractivity contribution in [3.05, 3.63) is 40.4 Å². The molecule has 4 N–H and O–H groups in total. The maximum Gasteiger partial charge on any atom is 0.351 e. The number of aliphatic hydroxyl groups is 2. The van der Waals surface area contributed by atoms with Gasteiger partial charge in [-0.05, 0) is 0 Å². The molecule has 1 aromatic rings. The summed E-state index contributed by atoms with van der Waals surface area (Å²) in [6.07, 6.45) is -6.65. The summed E-state index contributed by atoms with van der Waals surface area (Å²) in [5.41, 5.74) is 2.78. The van der Waals surface area contributed by atoms with Crippen molar-refractivity contribution in [1.82, 2.24) is 9.55 Å². The molecule has 2 rings (SSSR count). The Morgan fingerprint density at radius 1 is 1.57 bits per heavy atom. The molecule has 12 heteroatoms. The van der Waals surface area contributed by atoms with Gasteiger partial charge < -0.3 is 25.4 Å². The quantitative estimate of drug-likeness (QED) is 0.463. The van der Waals surface area contributed by atoms with Gasteiger partial charge in [-0.1, -0.05) is 19.6 Å². The van der Waals surface area contributed by atoms with E-state index >= 15 is 0 Å². The van der Waals surface area contributed by atoms with Crippen LogP contribution in [-0.2, 0) is 14.3 Å². The molecule has 0 unspecified atom stereocenters. The molecule has 0 spiro atoms. The van der Waals surface area contributed by atoms with Crippen LogP contribution in [0.5, 0.6) is 0 Å². The molecule has 0 aromatic carbocycles. The Balaban J connectivity index is 2.46. The van der Waals surface area contributed by atoms with Crippen molar-refractivity contribution in [1.29, 1.82) is 0 Å². The summed E-state index contributed by atoms with van der Waals surface area (Å²) in [4.78, 5) is 26.8. The third kappa shape index (κ3) is 4.25. The van der Waals surface area contributed by atoms with Gasteiger partial charge in [-0.15, -0.1) is 0 Å². The smallest absolute Gasteiger partial charge is 0.351 e. The van der Waals surface area contributed by atoms with Gasteiger partial charge in [0.2, 0.25) is 0 Å². The van der Waals surface area contributed by atoms with E-state index in [1.807, 2.05) is 0 Å². The zero-order valence-electron chi connectivity index (χ0n) is 14.8. The Morgan fingerprint density at radius 3 is 2.79 bits per heavy atom. The lowest BCUT2D eigenvalue weighted by Crippen LogP contribution is -2.47. The molecule has 154 valence electrons. The first kappa shape index (κ1) is 21.6. The molecule has 9 nitrogen and oxygen atoms in total. The lowest BCUT2D eigenvalue weighted by atomic mass is 9.94. The van der Waals surface area contributed by atoms with Gasteiger partial charge in [-0.25, -0.2) is 9.18 Å². The van der Waals surface area contributed by atoms with E-state index in [4.69, 9.17) is 15.2 Å². The Bertz CT molecular complexity index is 879. The number of nitrogen functional groups attached to an aromatic ring is 1. The van der Waals surface area contributed by atoms with Gasteiger partial charge in [0.05, 0.1) is 12.1 Å². The van der Waals surface area contributed by atoms with Crippen molar-refractivity contribution in [2.24, 2.45) is 5.92 Å². The molecule has 1 aromatic heterocycles. The monoisotopic (exact) mass is 405 g/mol. The van der Waals surface area contributed by atoms with E-state index in [2.05, 4.69) is 4.98 Å². The second-order valence-electron chi connectivity index (χ2n) is 6.36. The number of aromatic nitrogens is 2. The van der Waals surface area contributed by atoms with Gasteiger partial charge in [-0.2, -0.15) is 13.8 Å². The first-order valence-corrected chi connectivity index (χ1v) is 8.03. The molecule has 0 radical (unpaired) electrons. The molecule has 1 fully saturated rings. The van der Waals surface area contributed by atoms with Crippen LogP contribution in [0.4, 0.5) is 19.0 Å². The highest BCUT2D eigenvalue weighted by Gasteiger charge is 2.56. The standard InChI is InChI=1S/C16H18F3N3O6/c1-7(2)13(24)27-6-9-11(23)16(26,4-3-10(18)19)14(28-9)22-5-8(17)12(20)21-15(22)25/h4-5,7,9,11,14,23,26H,6H2,1-2H3,(H2,20,21,25)/t9-,11-,14-,16-/m1/s1. The lowest BCUT2D eigenvalue weighted by molar-refractivity contribution is -0.153. The van der Waals surface area contributed by atoms with Crippen molar-refractivity contribution >= 4 is 11.8 Å². The molecular formula is C16H18F3N3O6. The van der Waals surface area contributed by atoms with Crippen LogP contribution in [0.1, 0.15) is 20.1 Å². The largest absolute Gasteiger partial charge is 0.463 e. The number of hydrogen-bond donors (Lipinski definition) is 3. The highest BCUT2D eigenvalue weighted by Crippen LogP contribution is 2.39. The van der Waals surface area contributed by atoms with Crippen molar-refractivity contribution < 1.29 is 37.7 Å². The number of nitrogens with two attached hydrogens (primary N) is 1. The van der Waals surface area contributed by atoms with Crippen molar-refractivity contribution in [3.8, 4) is 0 Å². The topological polar surface area (TPSA) is 137 Å². The Kier molecular flexibility index (Phi) is 6.30. The molecule has 0 aliphatic carbocycles. The summed E-state index contributed by atoms with van der Waals surface area (Å²) in [7, 11) is 0. The van der Waals surface area contributed by atoms with Gasteiger partial charge in [0.25, 0.3) is 0 Å². The molecule has 1 saturated heterocycles. The number of rotatable bonds is 5. The van der Waals surface area contributed by atoms with Gasteiger partial charge in [0.1, 0.15) is 18.8 Å². The zero-order valence-corrected chi connectivity index (χ0v) is 14.8. The van der Waals surface area contributed by atoms with E-state index in [1.165, 1.54) is 5.73 Å². The summed E-state index contributed by atoms with van der Waals surface area (Å²) in [5, 5.41) is 21.1. The van der Waals surface area contributed by atoms with Crippen LogP contribution in [-0.4, -0.2) is 50.1 Å². The van der Waals surface area contributed by atoms with Gasteiger partial charge in [0, 0.05) is 6.08 Å². The Hall–Kier alpha value is -2.66. The number of carbonyl (C=O) groups is 1. The van der Waals surface area contributed by atoms with Crippen LogP contribution in [0, 0.1) is 11.7 Å². The molecule has 1 aliphatic heterocycles. The number of halogens is 3. The SMILES string of the molecule is CC(C)C(=O)OC[C@H]1O[C@@H](n2cc(F)c(N)nc2=O)[C@@](O)(C=C=C(F)F)[C@@H]1O. The van der Waals surface area contributed by atoms with E-state index in [-0.39, 0.29) is 0 Å². The summed E-state index contributed by atoms with van der Waals surface area (Å²) >= 11 is 0. The zero-order chi connectivity index (χ0) is 21.2. The maximum atomic E-state index is 13.7. The third-order valence-electron chi connectivity index (χ3n) is 3.99. The van der Waals surface area contributed by atoms with E-state index < -0.39 is 65.9 Å². The molecule has 0 amide bonds. The van der Waals surface area contributed by atoms with Crippen LogP contribution in [0.25, 0.3) is 0 Å². The van der Waals surface area contributed by atoms with Crippen LogP contribution in [0.3, 0.4) is 0 Å². The highest BCUT2D eigenvalue weighted by atomic mass is 19.3. The minimum absolute atomic E-state index is 0.378. The minimum atomic E-state index is -2.65. The maximum absolute atomic E-state index is 13.7. The molecule has 4 atom stereocenters. The van der Waals surface area contributed by atoms with E-state index in [1.54, 1.807) is 13.8 Å². The molecule has 0 saturated carbocycles. The van der Waals surface area contributed by atoms with Gasteiger partial charge in [0.15, 0.2) is 23.5 Å². The van der Waals surface area contributed by atoms with Crippen LogP contribution in [0.2, 0.25) is 0 Å². The average Bonchev–Trinajstić information content (AvgIpc) is 2.86. The van der Waals surface area contributed by atoms with Crippen molar-refractivity contribution in [2.75, 3.05) is 12.3 Å². The summed E-state index contributed by atoms with van der Waals surface area (Å²) in [5.74, 6) is -3.03. The number of nitrogens with zero attached hydrogens (tertiary/aromatic N) is 2. The van der Waals surface area contributed by atoms with E-state index in [0.717, 1.165) is 0 Å². The minimum Gasteiger partial charge on any atom is -0.463 e. The fraction of sp³-hybridized carbons (Fsp3) is 0.500. The molecule has 0 bridgehead atoms. The fourth-order valence-corrected chi connectivity index (χ4v) is 2.50. The average molecular weight is 405 g/mol. The summed E-state index contributed by atoms with van der Waals surface area (Å²) in [6, 6.07) is 0. The number of carbonyl (C=O) groups excluding carboxylic acids is 1. The highest BCUT2D eigenvalue weighted by molar-refractivity contribution is 5.71. The second-order valence-corrected chi connectivity index (χ2v) is 6.36. The first-order chi connectivity index (χ1) is 13.0. The van der Waals surface area contributed by atoms with E-state index in [0.29, 0.717) is 16.8 Å². The van der Waals surface area contributed by atoms with Crippen LogP contribution >= 0.6 is 0 Å². The lowest BCUT2D eigenvalue weighted by Gasteiger charge is -2.27. The number of aliphatic hydroxyl groups excluding tert-OH is 1. The molecular weight excluding hydrogens is 387 g/mol. The Morgan fingerprint density at radius 2 is 2.21 bits per heavy atom. The number of esters is 1. The van der Waals surface area contributed by atoms with Gasteiger partial charge >= 0.3 is 17.7 Å². The summed E-state index contributed by atoms with van der Waals surface area (Å²) < 4.78 is 49.4. The van der Waals surface area contributed by atoms with E-state index in [9.17, 15) is 33.0 Å². The molecule has 2 heterocycles. The van der Waals surface area contributed by atoms with Crippen molar-refractivity contribution in [2.45, 2.75) is 37.9 Å². The van der Waals surface area contributed by atoms with Gasteiger partial charge in [-0.3, -0.25) is 9.36 Å². The normalized spacial score (nSPS) is 26.8. The molecule has 28 heavy (non-hydrogen) atoms. The number of ether oxygens (including phenoxy) is 2. The number of anilines is 1. The predicted molar refractivity (Wildman–Crippen MR) is 87.3 cm³/mol. The van der Waals surface area contributed by atoms with Crippen LogP contribution in [0.15, 0.2) is 28.9 Å². The Labute approximate surface area is 156 Å². The first-order valence-electron chi connectivity index (χ1n) is 8.03. The second kappa shape index (κ2) is 8.15. The fourth-order valence-electron chi connectivity index (χ4n) is 2.50. The van der Waals surface area contributed by atoms with Crippen molar-refractivity contribution in [3.63, 3.8) is 0 Å². The molecule has 1 aliphatic rings. The number of hydrogen-bond acceptors (Lipinski definition) is 8. The predicted octanol–water partition coefficient (Wildman–Crippen LogP) is 0.0887. The summed E-state index contributed by atoms with van der Waals surface area (Å²) in [6.45, 7) is 2.53.